The number of nitrogens with two attached hydrogens (primary N) is 1. The molecule has 0 saturated carbocycles. The molecule has 0 aromatic heterocycles. The Labute approximate surface area is 70.1 Å². The third-order valence-electron chi connectivity index (χ3n) is 1.44. The Morgan fingerprint density at radius 3 is 2.83 bits per heavy atom. The molecule has 0 aliphatic heterocycles. The molecule has 12 heavy (non-hydrogen) atoms. The second-order valence-corrected chi connectivity index (χ2v) is 2.37. The van der Waals surface area contributed by atoms with Gasteiger partial charge in [-0.25, -0.2) is 4.39 Å². The largest absolute Gasteiger partial charge is 0.396 e. The zero-order valence-electron chi connectivity index (χ0n) is 6.50. The van der Waals surface area contributed by atoms with Crippen LogP contribution in [-0.4, -0.2) is 11.7 Å². The van der Waals surface area contributed by atoms with Crippen molar-refractivity contribution in [3.63, 3.8) is 0 Å². The molecule has 1 rings (SSSR count). The summed E-state index contributed by atoms with van der Waals surface area (Å²) in [7, 11) is 0. The van der Waals surface area contributed by atoms with Crippen LogP contribution in [0.2, 0.25) is 0 Å². The second-order valence-electron chi connectivity index (χ2n) is 2.37. The molecule has 2 nitrogen and oxygen atoms in total. The molecular weight excluding hydrogens is 157 g/mol. The lowest BCUT2D eigenvalue weighted by Gasteiger charge is -1.97. The first-order valence-electron chi connectivity index (χ1n) is 3.56. The van der Waals surface area contributed by atoms with Crippen molar-refractivity contribution < 1.29 is 9.50 Å². The second kappa shape index (κ2) is 3.88. The number of rotatable bonds is 2. The number of nitrogen functional groups attached to an aromatic ring is 1. The van der Waals surface area contributed by atoms with Crippen LogP contribution < -0.4 is 5.73 Å². The molecule has 0 unspecified atom stereocenters. The van der Waals surface area contributed by atoms with Crippen LogP contribution in [0.4, 0.5) is 10.1 Å². The van der Waals surface area contributed by atoms with Crippen LogP contribution in [0, 0.1) is 5.82 Å². The van der Waals surface area contributed by atoms with E-state index in [0.29, 0.717) is 0 Å². The molecule has 0 amide bonds. The first kappa shape index (κ1) is 8.74. The lowest BCUT2D eigenvalue weighted by molar-refractivity contribution is 0.343. The van der Waals surface area contributed by atoms with Gasteiger partial charge in [0, 0.05) is 0 Å². The number of aliphatic hydroxyl groups excluding tert-OH is 1. The van der Waals surface area contributed by atoms with Crippen LogP contribution in [0.5, 0.6) is 0 Å². The molecule has 1 aromatic rings. The highest BCUT2D eigenvalue weighted by Gasteiger charge is 1.95. The molecule has 0 aliphatic carbocycles. The maximum atomic E-state index is 12.6. The van der Waals surface area contributed by atoms with Gasteiger partial charge in [0.25, 0.3) is 0 Å². The van der Waals surface area contributed by atoms with Crippen molar-refractivity contribution in [1.29, 1.82) is 0 Å². The highest BCUT2D eigenvalue weighted by atomic mass is 19.1. The number of hydrogen-bond acceptors (Lipinski definition) is 2. The van der Waals surface area contributed by atoms with E-state index in [2.05, 4.69) is 0 Å². The summed E-state index contributed by atoms with van der Waals surface area (Å²) < 4.78 is 12.6. The summed E-state index contributed by atoms with van der Waals surface area (Å²) >= 11 is 0. The Balaban J connectivity index is 2.89. The van der Waals surface area contributed by atoms with Gasteiger partial charge in [0.15, 0.2) is 0 Å². The number of aliphatic hydroxyl groups is 1. The Morgan fingerprint density at radius 1 is 1.50 bits per heavy atom. The van der Waals surface area contributed by atoms with Crippen LogP contribution in [0.15, 0.2) is 24.3 Å². The average Bonchev–Trinajstić information content (AvgIpc) is 2.07. The molecule has 0 heterocycles. The van der Waals surface area contributed by atoms with E-state index in [0.717, 1.165) is 5.56 Å². The number of anilines is 1. The Hall–Kier alpha value is -1.35. The number of halogens is 1. The van der Waals surface area contributed by atoms with Gasteiger partial charge in [0.2, 0.25) is 0 Å². The van der Waals surface area contributed by atoms with E-state index in [-0.39, 0.29) is 12.3 Å². The maximum Gasteiger partial charge on any atom is 0.146 e. The van der Waals surface area contributed by atoms with E-state index in [1.807, 2.05) is 0 Å². The zero-order valence-corrected chi connectivity index (χ0v) is 6.50. The van der Waals surface area contributed by atoms with Crippen molar-refractivity contribution in [2.24, 2.45) is 0 Å². The first-order chi connectivity index (χ1) is 5.74. The third kappa shape index (κ3) is 2.07. The molecule has 0 saturated heterocycles. The number of hydrogen-bond donors (Lipinski definition) is 2. The van der Waals surface area contributed by atoms with Gasteiger partial charge in [-0.3, -0.25) is 0 Å². The van der Waals surface area contributed by atoms with Crippen molar-refractivity contribution in [3.8, 4) is 0 Å². The van der Waals surface area contributed by atoms with Crippen molar-refractivity contribution in [3.05, 3.63) is 35.7 Å². The SMILES string of the molecule is Nc1cc(C=CCO)ccc1F. The van der Waals surface area contributed by atoms with E-state index in [1.54, 1.807) is 18.2 Å². The molecule has 3 N–H and O–H groups in total. The highest BCUT2D eigenvalue weighted by molar-refractivity contribution is 5.56. The summed E-state index contributed by atoms with van der Waals surface area (Å²) in [5.74, 6) is -0.420. The molecule has 3 heteroatoms. The van der Waals surface area contributed by atoms with Gasteiger partial charge in [-0.05, 0) is 17.7 Å². The standard InChI is InChI=1S/C9H10FNO/c10-8-4-3-7(2-1-5-12)6-9(8)11/h1-4,6,12H,5,11H2. The molecule has 0 spiro atoms. The predicted molar refractivity (Wildman–Crippen MR) is 46.9 cm³/mol. The van der Waals surface area contributed by atoms with Crippen LogP contribution in [0.3, 0.4) is 0 Å². The van der Waals surface area contributed by atoms with Crippen molar-refractivity contribution in [1.82, 2.24) is 0 Å². The molecular formula is C9H10FNO. The van der Waals surface area contributed by atoms with Crippen LogP contribution in [0.25, 0.3) is 6.08 Å². The van der Waals surface area contributed by atoms with Gasteiger partial charge in [0.1, 0.15) is 5.82 Å². The van der Waals surface area contributed by atoms with Crippen molar-refractivity contribution in [2.45, 2.75) is 0 Å². The quantitative estimate of drug-likeness (QED) is 0.654. The maximum absolute atomic E-state index is 12.6. The van der Waals surface area contributed by atoms with Crippen LogP contribution >= 0.6 is 0 Å². The fourth-order valence-electron chi connectivity index (χ4n) is 0.855. The Morgan fingerprint density at radius 2 is 2.25 bits per heavy atom. The van der Waals surface area contributed by atoms with E-state index in [4.69, 9.17) is 10.8 Å². The highest BCUT2D eigenvalue weighted by Crippen LogP contribution is 2.12. The normalized spacial score (nSPS) is 10.8. The van der Waals surface area contributed by atoms with Gasteiger partial charge in [-0.2, -0.15) is 0 Å². The van der Waals surface area contributed by atoms with E-state index in [9.17, 15) is 4.39 Å². The summed E-state index contributed by atoms with van der Waals surface area (Å²) in [5, 5.41) is 8.46. The minimum Gasteiger partial charge on any atom is -0.396 e. The van der Waals surface area contributed by atoms with Crippen LogP contribution in [-0.2, 0) is 0 Å². The van der Waals surface area contributed by atoms with E-state index < -0.39 is 5.82 Å². The molecule has 0 fully saturated rings. The van der Waals surface area contributed by atoms with Gasteiger partial charge in [-0.1, -0.05) is 18.2 Å². The lowest BCUT2D eigenvalue weighted by Crippen LogP contribution is -1.90. The molecule has 0 aliphatic rings. The van der Waals surface area contributed by atoms with Gasteiger partial charge in [0.05, 0.1) is 12.3 Å². The molecule has 0 radical (unpaired) electrons. The Bertz CT molecular complexity index is 297. The Kier molecular flexibility index (Phi) is 2.82. The summed E-state index contributed by atoms with van der Waals surface area (Å²) in [6, 6.07) is 4.41. The minimum atomic E-state index is -0.420. The molecule has 64 valence electrons. The third-order valence-corrected chi connectivity index (χ3v) is 1.44. The number of benzene rings is 1. The molecule has 0 bridgehead atoms. The summed E-state index contributed by atoms with van der Waals surface area (Å²) in [5.41, 5.74) is 6.22. The monoisotopic (exact) mass is 167 g/mol. The van der Waals surface area contributed by atoms with Gasteiger partial charge in [-0.15, -0.1) is 0 Å². The molecule has 1 aromatic carbocycles. The van der Waals surface area contributed by atoms with Gasteiger partial charge >= 0.3 is 0 Å². The van der Waals surface area contributed by atoms with Crippen molar-refractivity contribution >= 4 is 11.8 Å². The summed E-state index contributed by atoms with van der Waals surface area (Å²) in [4.78, 5) is 0. The van der Waals surface area contributed by atoms with Crippen molar-refractivity contribution in [2.75, 3.05) is 12.3 Å². The van der Waals surface area contributed by atoms with E-state index in [1.165, 1.54) is 12.1 Å². The first-order valence-corrected chi connectivity index (χ1v) is 3.56. The minimum absolute atomic E-state index is 0.0305. The van der Waals surface area contributed by atoms with Gasteiger partial charge < -0.3 is 10.8 Å². The van der Waals surface area contributed by atoms with Crippen LogP contribution in [0.1, 0.15) is 5.56 Å². The predicted octanol–water partition coefficient (Wildman–Crippen LogP) is 1.41. The fraction of sp³-hybridized carbons (Fsp3) is 0.111. The summed E-state index contributed by atoms with van der Waals surface area (Å²) in [6.45, 7) is -0.0305. The summed E-state index contributed by atoms with van der Waals surface area (Å²) in [6.07, 6.45) is 3.24. The lowest BCUT2D eigenvalue weighted by atomic mass is 10.2. The topological polar surface area (TPSA) is 46.2 Å². The van der Waals surface area contributed by atoms with E-state index >= 15 is 0 Å². The average molecular weight is 167 g/mol. The smallest absolute Gasteiger partial charge is 0.146 e. The zero-order chi connectivity index (χ0) is 8.97. The fourth-order valence-corrected chi connectivity index (χ4v) is 0.855. The molecule has 0 atom stereocenters.